The van der Waals surface area contributed by atoms with Gasteiger partial charge in [0, 0.05) is 43.9 Å². The fraction of sp³-hybridized carbons (Fsp3) is 0.600. The summed E-state index contributed by atoms with van der Waals surface area (Å²) in [6.07, 6.45) is 4.14. The van der Waals surface area contributed by atoms with Crippen LogP contribution in [0.4, 0.5) is 4.39 Å². The molecule has 3 atom stereocenters. The lowest BCUT2D eigenvalue weighted by Gasteiger charge is -2.40. The summed E-state index contributed by atoms with van der Waals surface area (Å²) in [5, 5.41) is 0. The first-order valence-corrected chi connectivity index (χ1v) is 11.4. The molecule has 28 heavy (non-hydrogen) atoms. The standard InChI is InChI=1S/C20H25FN2O4S/c21-17-4-6-18(7-5-17)28(26,27)23-10-8-22(9-11-23)20(25)16-12-14-2-1-3-15(13-16)19(14)24/h4-7,14-16H,1-3,8-13H2/t14-,15+,16?. The predicted octanol–water partition coefficient (Wildman–Crippen LogP) is 2.05. The van der Waals surface area contributed by atoms with Gasteiger partial charge in [-0.2, -0.15) is 4.31 Å². The van der Waals surface area contributed by atoms with Crippen LogP contribution in [0.15, 0.2) is 29.2 Å². The summed E-state index contributed by atoms with van der Waals surface area (Å²) in [5.41, 5.74) is 0. The second-order valence-corrected chi connectivity index (χ2v) is 10.0. The van der Waals surface area contributed by atoms with Gasteiger partial charge in [-0.15, -0.1) is 0 Å². The first kappa shape index (κ1) is 19.5. The van der Waals surface area contributed by atoms with Crippen molar-refractivity contribution < 1.29 is 22.4 Å². The molecule has 1 aromatic rings. The molecule has 0 N–H and O–H groups in total. The Morgan fingerprint density at radius 2 is 1.54 bits per heavy atom. The van der Waals surface area contributed by atoms with Crippen molar-refractivity contribution in [3.05, 3.63) is 30.1 Å². The molecule has 152 valence electrons. The van der Waals surface area contributed by atoms with Gasteiger partial charge < -0.3 is 4.90 Å². The minimum absolute atomic E-state index is 0.0293. The number of carbonyl (C=O) groups is 2. The van der Waals surface area contributed by atoms with Crippen LogP contribution in [0.1, 0.15) is 32.1 Å². The Bertz CT molecular complexity index is 847. The molecular weight excluding hydrogens is 383 g/mol. The first-order chi connectivity index (χ1) is 13.4. The highest BCUT2D eigenvalue weighted by molar-refractivity contribution is 7.89. The normalized spacial score (nSPS) is 29.0. The highest BCUT2D eigenvalue weighted by Gasteiger charge is 2.43. The van der Waals surface area contributed by atoms with Crippen LogP contribution in [0.3, 0.4) is 0 Å². The Balaban J connectivity index is 1.38. The zero-order valence-electron chi connectivity index (χ0n) is 15.7. The van der Waals surface area contributed by atoms with Crippen molar-refractivity contribution >= 4 is 21.7 Å². The average molecular weight is 408 g/mol. The summed E-state index contributed by atoms with van der Waals surface area (Å²) >= 11 is 0. The fourth-order valence-electron chi connectivity index (χ4n) is 4.84. The van der Waals surface area contributed by atoms with E-state index in [1.807, 2.05) is 0 Å². The first-order valence-electron chi connectivity index (χ1n) is 9.94. The van der Waals surface area contributed by atoms with E-state index in [1.54, 1.807) is 4.90 Å². The fourth-order valence-corrected chi connectivity index (χ4v) is 6.27. The van der Waals surface area contributed by atoms with Gasteiger partial charge in [0.25, 0.3) is 0 Å². The molecular formula is C20H25FN2O4S. The van der Waals surface area contributed by atoms with Gasteiger partial charge >= 0.3 is 0 Å². The third kappa shape index (κ3) is 3.59. The van der Waals surface area contributed by atoms with Crippen LogP contribution in [-0.4, -0.2) is 55.5 Å². The van der Waals surface area contributed by atoms with Crippen molar-refractivity contribution in [1.29, 1.82) is 0 Å². The topological polar surface area (TPSA) is 74.8 Å². The van der Waals surface area contributed by atoms with Crippen LogP contribution in [0, 0.1) is 23.6 Å². The number of fused-ring (bicyclic) bond motifs is 2. The maximum absolute atomic E-state index is 13.1. The quantitative estimate of drug-likeness (QED) is 0.767. The van der Waals surface area contributed by atoms with Gasteiger partial charge in [0.15, 0.2) is 0 Å². The summed E-state index contributed by atoms with van der Waals surface area (Å²) in [7, 11) is -3.69. The van der Waals surface area contributed by atoms with E-state index in [2.05, 4.69) is 0 Å². The number of Topliss-reactive ketones (excluding diaryl/α,β-unsaturated/α-hetero) is 1. The summed E-state index contributed by atoms with van der Waals surface area (Å²) in [4.78, 5) is 27.0. The summed E-state index contributed by atoms with van der Waals surface area (Å²) in [6, 6.07) is 4.79. The maximum atomic E-state index is 13.1. The third-order valence-electron chi connectivity index (χ3n) is 6.40. The minimum Gasteiger partial charge on any atom is -0.340 e. The summed E-state index contributed by atoms with van der Waals surface area (Å²) < 4.78 is 39.8. The number of amides is 1. The number of carbonyl (C=O) groups excluding carboxylic acids is 2. The Morgan fingerprint density at radius 3 is 2.11 bits per heavy atom. The molecule has 6 nitrogen and oxygen atoms in total. The van der Waals surface area contributed by atoms with Gasteiger partial charge in [0.1, 0.15) is 11.6 Å². The number of halogens is 1. The van der Waals surface area contributed by atoms with E-state index in [9.17, 15) is 22.4 Å². The highest BCUT2D eigenvalue weighted by atomic mass is 32.2. The lowest BCUT2D eigenvalue weighted by atomic mass is 9.67. The van der Waals surface area contributed by atoms with Crippen molar-refractivity contribution in [2.45, 2.75) is 37.0 Å². The van der Waals surface area contributed by atoms with E-state index in [0.29, 0.717) is 31.7 Å². The van der Waals surface area contributed by atoms with E-state index in [-0.39, 0.29) is 41.6 Å². The van der Waals surface area contributed by atoms with Crippen LogP contribution in [0.25, 0.3) is 0 Å². The zero-order valence-corrected chi connectivity index (χ0v) is 16.5. The van der Waals surface area contributed by atoms with Crippen LogP contribution < -0.4 is 0 Å². The third-order valence-corrected chi connectivity index (χ3v) is 8.31. The lowest BCUT2D eigenvalue weighted by Crippen LogP contribution is -2.53. The number of piperazine rings is 1. The molecule has 1 amide bonds. The smallest absolute Gasteiger partial charge is 0.243 e. The van der Waals surface area contributed by atoms with Gasteiger partial charge in [-0.25, -0.2) is 12.8 Å². The zero-order chi connectivity index (χ0) is 19.9. The van der Waals surface area contributed by atoms with E-state index in [0.717, 1.165) is 31.4 Å². The van der Waals surface area contributed by atoms with Crippen molar-refractivity contribution in [2.24, 2.45) is 17.8 Å². The van der Waals surface area contributed by atoms with Crippen LogP contribution in [-0.2, 0) is 19.6 Å². The van der Waals surface area contributed by atoms with Crippen LogP contribution >= 0.6 is 0 Å². The largest absolute Gasteiger partial charge is 0.340 e. The Morgan fingerprint density at radius 1 is 0.964 bits per heavy atom. The molecule has 1 unspecified atom stereocenters. The number of hydrogen-bond acceptors (Lipinski definition) is 4. The number of benzene rings is 1. The summed E-state index contributed by atoms with van der Waals surface area (Å²) in [5.74, 6) is -0.143. The number of rotatable bonds is 3. The molecule has 3 fully saturated rings. The Kier molecular flexibility index (Phi) is 5.26. The second kappa shape index (κ2) is 7.55. The molecule has 2 saturated carbocycles. The van der Waals surface area contributed by atoms with E-state index >= 15 is 0 Å². The maximum Gasteiger partial charge on any atom is 0.243 e. The average Bonchev–Trinajstić information content (AvgIpc) is 2.68. The summed E-state index contributed by atoms with van der Waals surface area (Å²) in [6.45, 7) is 1.14. The van der Waals surface area contributed by atoms with Crippen LogP contribution in [0.5, 0.6) is 0 Å². The SMILES string of the molecule is O=C1[C@@H]2CCC[C@H]1CC(C(=O)N1CCN(S(=O)(=O)c3ccc(F)cc3)CC1)C2. The van der Waals surface area contributed by atoms with E-state index in [1.165, 1.54) is 16.4 Å². The Labute approximate surface area is 164 Å². The molecule has 3 aliphatic rings. The molecule has 8 heteroatoms. The number of ketones is 1. The lowest BCUT2D eigenvalue weighted by molar-refractivity contribution is -0.144. The molecule has 1 aliphatic heterocycles. The van der Waals surface area contributed by atoms with Gasteiger partial charge in [-0.3, -0.25) is 9.59 Å². The van der Waals surface area contributed by atoms with Gasteiger partial charge in [0.2, 0.25) is 15.9 Å². The van der Waals surface area contributed by atoms with Crippen molar-refractivity contribution in [1.82, 2.24) is 9.21 Å². The van der Waals surface area contributed by atoms with Gasteiger partial charge in [0.05, 0.1) is 4.90 Å². The molecule has 1 saturated heterocycles. The molecule has 0 radical (unpaired) electrons. The number of hydrogen-bond donors (Lipinski definition) is 0. The molecule has 0 aromatic heterocycles. The van der Waals surface area contributed by atoms with E-state index < -0.39 is 15.8 Å². The minimum atomic E-state index is -3.69. The predicted molar refractivity (Wildman–Crippen MR) is 100 cm³/mol. The molecule has 2 aliphatic carbocycles. The second-order valence-electron chi connectivity index (χ2n) is 8.08. The number of sulfonamides is 1. The monoisotopic (exact) mass is 408 g/mol. The van der Waals surface area contributed by atoms with Crippen molar-refractivity contribution in [3.63, 3.8) is 0 Å². The van der Waals surface area contributed by atoms with Gasteiger partial charge in [-0.05, 0) is 49.9 Å². The van der Waals surface area contributed by atoms with E-state index in [4.69, 9.17) is 0 Å². The van der Waals surface area contributed by atoms with Crippen molar-refractivity contribution in [2.75, 3.05) is 26.2 Å². The highest BCUT2D eigenvalue weighted by Crippen LogP contribution is 2.40. The molecule has 1 aromatic carbocycles. The molecule has 1 heterocycles. The van der Waals surface area contributed by atoms with Crippen LogP contribution in [0.2, 0.25) is 0 Å². The molecule has 2 bridgehead atoms. The number of nitrogens with zero attached hydrogens (tertiary/aromatic N) is 2. The van der Waals surface area contributed by atoms with Gasteiger partial charge in [-0.1, -0.05) is 6.42 Å². The Hall–Kier alpha value is -1.80. The molecule has 0 spiro atoms. The van der Waals surface area contributed by atoms with Crippen molar-refractivity contribution in [3.8, 4) is 0 Å². The molecule has 4 rings (SSSR count).